The number of fused-ring (bicyclic) bond motifs is 1. The molecule has 0 atom stereocenters. The highest BCUT2D eigenvalue weighted by Gasteiger charge is 2.00. The topological polar surface area (TPSA) is 30.2 Å². The van der Waals surface area contributed by atoms with E-state index in [0.29, 0.717) is 11.0 Å². The Morgan fingerprint density at radius 2 is 2.08 bits per heavy atom. The van der Waals surface area contributed by atoms with Gasteiger partial charge in [-0.05, 0) is 18.6 Å². The van der Waals surface area contributed by atoms with Crippen molar-refractivity contribution in [1.82, 2.24) is 0 Å². The van der Waals surface area contributed by atoms with Gasteiger partial charge in [0.1, 0.15) is 5.58 Å². The maximum absolute atomic E-state index is 11.3. The molecule has 12 heavy (non-hydrogen) atoms. The third-order valence-corrected chi connectivity index (χ3v) is 1.88. The van der Waals surface area contributed by atoms with Crippen LogP contribution < -0.4 is 5.43 Å². The van der Waals surface area contributed by atoms with Crippen molar-refractivity contribution in [3.8, 4) is 0 Å². The van der Waals surface area contributed by atoms with Crippen molar-refractivity contribution < 1.29 is 4.42 Å². The van der Waals surface area contributed by atoms with E-state index < -0.39 is 0 Å². The molecule has 0 radical (unpaired) electrons. The minimum atomic E-state index is 0.0138. The van der Waals surface area contributed by atoms with Crippen molar-refractivity contribution >= 4 is 11.0 Å². The summed E-state index contributed by atoms with van der Waals surface area (Å²) in [6.45, 7) is 1.92. The Kier molecular flexibility index (Phi) is 1.47. The van der Waals surface area contributed by atoms with E-state index in [9.17, 15) is 4.79 Å². The summed E-state index contributed by atoms with van der Waals surface area (Å²) in [7, 11) is 0. The summed E-state index contributed by atoms with van der Waals surface area (Å²) in [4.78, 5) is 11.3. The van der Waals surface area contributed by atoms with Crippen molar-refractivity contribution in [2.24, 2.45) is 0 Å². The molecule has 0 bridgehead atoms. The minimum Gasteiger partial charge on any atom is -0.464 e. The second-order valence-corrected chi connectivity index (χ2v) is 2.74. The molecule has 0 spiro atoms. The highest BCUT2D eigenvalue weighted by Crippen LogP contribution is 2.13. The predicted octanol–water partition coefficient (Wildman–Crippen LogP) is 2.10. The Hall–Kier alpha value is -1.57. The van der Waals surface area contributed by atoms with Crippen molar-refractivity contribution in [2.75, 3.05) is 0 Å². The van der Waals surface area contributed by atoms with Crippen molar-refractivity contribution in [2.45, 2.75) is 6.92 Å². The lowest BCUT2D eigenvalue weighted by Gasteiger charge is -1.97. The Labute approximate surface area is 69.4 Å². The van der Waals surface area contributed by atoms with Crippen LogP contribution >= 0.6 is 0 Å². The van der Waals surface area contributed by atoms with E-state index in [1.54, 1.807) is 6.07 Å². The van der Waals surface area contributed by atoms with Crippen LogP contribution in [0, 0.1) is 6.92 Å². The van der Waals surface area contributed by atoms with Crippen LogP contribution in [-0.2, 0) is 0 Å². The van der Waals surface area contributed by atoms with Crippen LogP contribution in [0.25, 0.3) is 11.0 Å². The van der Waals surface area contributed by atoms with Gasteiger partial charge in [0.05, 0.1) is 11.6 Å². The summed E-state index contributed by atoms with van der Waals surface area (Å²) >= 11 is 0. The summed E-state index contributed by atoms with van der Waals surface area (Å²) in [5.41, 5.74) is 1.69. The molecule has 0 aliphatic heterocycles. The normalized spacial score (nSPS) is 10.4. The minimum absolute atomic E-state index is 0.0138. The molecule has 0 unspecified atom stereocenters. The summed E-state index contributed by atoms with van der Waals surface area (Å²) in [6, 6.07) is 6.98. The van der Waals surface area contributed by atoms with E-state index in [4.69, 9.17) is 4.42 Å². The van der Waals surface area contributed by atoms with Crippen LogP contribution in [0.2, 0.25) is 0 Å². The second-order valence-electron chi connectivity index (χ2n) is 2.74. The predicted molar refractivity (Wildman–Crippen MR) is 47.2 cm³/mol. The first-order valence-electron chi connectivity index (χ1n) is 3.76. The Morgan fingerprint density at radius 3 is 2.83 bits per heavy atom. The van der Waals surface area contributed by atoms with E-state index in [2.05, 4.69) is 0 Å². The van der Waals surface area contributed by atoms with Crippen LogP contribution in [-0.4, -0.2) is 0 Å². The van der Waals surface area contributed by atoms with Crippen LogP contribution in [0.4, 0.5) is 0 Å². The molecule has 0 fully saturated rings. The molecule has 0 amide bonds. The first-order chi connectivity index (χ1) is 5.79. The molecule has 0 saturated heterocycles. The molecule has 1 heterocycles. The van der Waals surface area contributed by atoms with Crippen molar-refractivity contribution in [3.05, 3.63) is 46.3 Å². The monoisotopic (exact) mass is 160 g/mol. The lowest BCUT2D eigenvalue weighted by Crippen LogP contribution is -1.97. The first-order valence-corrected chi connectivity index (χ1v) is 3.76. The third kappa shape index (κ3) is 0.925. The molecule has 2 rings (SSSR count). The maximum Gasteiger partial charge on any atom is 0.192 e. The molecular weight excluding hydrogens is 152 g/mol. The highest BCUT2D eigenvalue weighted by atomic mass is 16.3. The van der Waals surface area contributed by atoms with Gasteiger partial charge in [0.25, 0.3) is 0 Å². The van der Waals surface area contributed by atoms with Crippen LogP contribution in [0.15, 0.2) is 39.7 Å². The average molecular weight is 160 g/mol. The van der Waals surface area contributed by atoms with Gasteiger partial charge < -0.3 is 4.42 Å². The lowest BCUT2D eigenvalue weighted by atomic mass is 10.1. The molecule has 0 saturated carbocycles. The molecule has 60 valence electrons. The van der Waals surface area contributed by atoms with Gasteiger partial charge in [0.2, 0.25) is 0 Å². The largest absolute Gasteiger partial charge is 0.464 e. The van der Waals surface area contributed by atoms with E-state index in [-0.39, 0.29) is 5.43 Å². The van der Waals surface area contributed by atoms with E-state index in [0.717, 1.165) is 5.56 Å². The summed E-state index contributed by atoms with van der Waals surface area (Å²) in [5.74, 6) is 0. The Morgan fingerprint density at radius 1 is 1.25 bits per heavy atom. The number of rotatable bonds is 0. The molecule has 2 nitrogen and oxygen atoms in total. The molecule has 2 aromatic rings. The van der Waals surface area contributed by atoms with Crippen molar-refractivity contribution in [1.29, 1.82) is 0 Å². The fourth-order valence-electron chi connectivity index (χ4n) is 1.26. The van der Waals surface area contributed by atoms with Crippen LogP contribution in [0.3, 0.4) is 0 Å². The Balaban J connectivity index is 3.05. The smallest absolute Gasteiger partial charge is 0.192 e. The summed E-state index contributed by atoms with van der Waals surface area (Å²) in [6.07, 6.45) is 1.43. The standard InChI is InChI=1S/C10H8O2/c1-7-3-2-4-8-9(11)5-6-12-10(7)8/h2-6H,1H3. The fraction of sp³-hybridized carbons (Fsp3) is 0.100. The third-order valence-electron chi connectivity index (χ3n) is 1.88. The van der Waals surface area contributed by atoms with Crippen LogP contribution in [0.1, 0.15) is 5.56 Å². The fourth-order valence-corrected chi connectivity index (χ4v) is 1.26. The number of hydrogen-bond donors (Lipinski definition) is 0. The molecule has 1 aromatic heterocycles. The Bertz CT molecular complexity index is 468. The number of hydrogen-bond acceptors (Lipinski definition) is 2. The van der Waals surface area contributed by atoms with Gasteiger partial charge in [-0.2, -0.15) is 0 Å². The lowest BCUT2D eigenvalue weighted by molar-refractivity contribution is 0.600. The molecule has 0 aliphatic rings. The van der Waals surface area contributed by atoms with Gasteiger partial charge in [-0.3, -0.25) is 4.79 Å². The van der Waals surface area contributed by atoms with Crippen LogP contribution in [0.5, 0.6) is 0 Å². The van der Waals surface area contributed by atoms with Gasteiger partial charge in [-0.1, -0.05) is 12.1 Å². The molecular formula is C10H8O2. The SMILES string of the molecule is Cc1cccc2c(=O)ccoc12. The van der Waals surface area contributed by atoms with E-state index >= 15 is 0 Å². The number of aryl methyl sites for hydroxylation is 1. The van der Waals surface area contributed by atoms with Gasteiger partial charge in [0, 0.05) is 6.07 Å². The summed E-state index contributed by atoms with van der Waals surface area (Å²) in [5, 5.41) is 0.650. The number of para-hydroxylation sites is 1. The van der Waals surface area contributed by atoms with Gasteiger partial charge in [0.15, 0.2) is 5.43 Å². The highest BCUT2D eigenvalue weighted by molar-refractivity contribution is 5.78. The zero-order chi connectivity index (χ0) is 8.55. The summed E-state index contributed by atoms with van der Waals surface area (Å²) < 4.78 is 5.22. The quantitative estimate of drug-likeness (QED) is 0.590. The van der Waals surface area contributed by atoms with Crippen molar-refractivity contribution in [3.63, 3.8) is 0 Å². The van der Waals surface area contributed by atoms with E-state index in [1.165, 1.54) is 12.3 Å². The van der Waals surface area contributed by atoms with E-state index in [1.807, 2.05) is 19.1 Å². The maximum atomic E-state index is 11.3. The molecule has 0 N–H and O–H groups in total. The van der Waals surface area contributed by atoms with Gasteiger partial charge in [-0.15, -0.1) is 0 Å². The zero-order valence-electron chi connectivity index (χ0n) is 6.70. The second kappa shape index (κ2) is 2.48. The van der Waals surface area contributed by atoms with Gasteiger partial charge >= 0.3 is 0 Å². The number of benzene rings is 1. The average Bonchev–Trinajstić information content (AvgIpc) is 2.07. The first kappa shape index (κ1) is 7.10. The van der Waals surface area contributed by atoms with Gasteiger partial charge in [-0.25, -0.2) is 0 Å². The molecule has 1 aromatic carbocycles. The molecule has 0 aliphatic carbocycles. The molecule has 2 heteroatoms. The zero-order valence-corrected chi connectivity index (χ0v) is 6.70.